The van der Waals surface area contributed by atoms with Gasteiger partial charge < -0.3 is 14.5 Å². The third-order valence-electron chi connectivity index (χ3n) is 6.43. The maximum atomic E-state index is 13.2. The Bertz CT molecular complexity index is 658. The number of nitrogens with one attached hydrogen (secondary N) is 1. The molecule has 4 rings (SSSR count). The van der Waals surface area contributed by atoms with Crippen LogP contribution < -0.4 is 4.90 Å². The van der Waals surface area contributed by atoms with Crippen LogP contribution in [0.3, 0.4) is 0 Å². The Hall–Kier alpha value is -1.66. The predicted octanol–water partition coefficient (Wildman–Crippen LogP) is 0.298. The van der Waals surface area contributed by atoms with Gasteiger partial charge >= 0.3 is 0 Å². The maximum Gasteiger partial charge on any atom is 0.274 e. The number of fused-ring (bicyclic) bond motifs is 2. The highest BCUT2D eigenvalue weighted by molar-refractivity contribution is 5.92. The summed E-state index contributed by atoms with van der Waals surface area (Å²) in [5.41, 5.74) is 1.61. The molecule has 0 unspecified atom stereocenters. The van der Waals surface area contributed by atoms with Gasteiger partial charge in [0.25, 0.3) is 5.91 Å². The van der Waals surface area contributed by atoms with Crippen molar-refractivity contribution in [3.8, 4) is 0 Å². The van der Waals surface area contributed by atoms with Crippen molar-refractivity contribution in [2.24, 2.45) is 24.8 Å². The fourth-order valence-electron chi connectivity index (χ4n) is 4.69. The number of carbonyl (C=O) groups is 1. The lowest BCUT2D eigenvalue weighted by molar-refractivity contribution is -0.907. The molecule has 1 aromatic rings. The van der Waals surface area contributed by atoms with Gasteiger partial charge in [0.2, 0.25) is 0 Å². The molecule has 1 N–H and O–H groups in total. The molecule has 1 saturated heterocycles. The molecule has 3 atom stereocenters. The lowest BCUT2D eigenvalue weighted by atomic mass is 9.93. The van der Waals surface area contributed by atoms with E-state index in [0.717, 1.165) is 57.5 Å². The van der Waals surface area contributed by atoms with Crippen LogP contribution in [0.15, 0.2) is 18.2 Å². The summed E-state index contributed by atoms with van der Waals surface area (Å²) in [4.78, 5) is 16.8. The summed E-state index contributed by atoms with van der Waals surface area (Å²) in [5, 5.41) is 4.43. The third-order valence-corrected chi connectivity index (χ3v) is 6.43. The first-order valence-corrected chi connectivity index (χ1v) is 9.99. The number of rotatable bonds is 6. The summed E-state index contributed by atoms with van der Waals surface area (Å²) in [7, 11) is 1.90. The smallest absolute Gasteiger partial charge is 0.274 e. The Balaban J connectivity index is 1.44. The number of morpholine rings is 1. The number of carbonyl (C=O) groups excluding carboxylic acids is 1. The van der Waals surface area contributed by atoms with E-state index in [2.05, 4.69) is 22.2 Å². The first kappa shape index (κ1) is 17.7. The average Bonchev–Trinajstić information content (AvgIpc) is 3.35. The standard InChI is InChI=1S/C20H30N4O2/c1-15-11-19(21-22(15)2)20(25)24(6-5-23-7-9-26-10-8-23)14-18-13-16-3-4-17(18)12-16/h3-4,11,16-18H,5-10,12-14H2,1-2H3/p+1/t16-,17-,18-/m0/s1. The number of amides is 1. The minimum Gasteiger partial charge on any atom is -0.370 e. The molecule has 0 aromatic carbocycles. The number of hydrogen-bond donors (Lipinski definition) is 1. The molecule has 2 fully saturated rings. The lowest BCUT2D eigenvalue weighted by Gasteiger charge is -2.30. The van der Waals surface area contributed by atoms with Crippen molar-refractivity contribution in [1.82, 2.24) is 14.7 Å². The summed E-state index contributed by atoms with van der Waals surface area (Å²) >= 11 is 0. The van der Waals surface area contributed by atoms with E-state index in [4.69, 9.17) is 4.74 Å². The van der Waals surface area contributed by atoms with Crippen LogP contribution in [0.5, 0.6) is 0 Å². The van der Waals surface area contributed by atoms with E-state index in [-0.39, 0.29) is 5.91 Å². The van der Waals surface area contributed by atoms with E-state index in [0.29, 0.717) is 17.5 Å². The Kier molecular flexibility index (Phi) is 5.14. The van der Waals surface area contributed by atoms with Crippen LogP contribution in [0.25, 0.3) is 0 Å². The molecular formula is C20H31N4O2+. The molecule has 3 aliphatic rings. The number of quaternary nitrogens is 1. The molecule has 6 nitrogen and oxygen atoms in total. The molecule has 2 heterocycles. The fraction of sp³-hybridized carbons (Fsp3) is 0.700. The van der Waals surface area contributed by atoms with Crippen molar-refractivity contribution in [3.63, 3.8) is 0 Å². The van der Waals surface area contributed by atoms with Gasteiger partial charge in [-0.1, -0.05) is 12.2 Å². The lowest BCUT2D eigenvalue weighted by Crippen LogP contribution is -3.14. The van der Waals surface area contributed by atoms with Crippen molar-refractivity contribution < 1.29 is 14.4 Å². The molecule has 1 saturated carbocycles. The van der Waals surface area contributed by atoms with E-state index < -0.39 is 0 Å². The van der Waals surface area contributed by atoms with Gasteiger partial charge in [0.15, 0.2) is 5.69 Å². The summed E-state index contributed by atoms with van der Waals surface area (Å²) in [6.45, 7) is 8.42. The van der Waals surface area contributed by atoms with E-state index in [1.165, 1.54) is 12.8 Å². The highest BCUT2D eigenvalue weighted by Gasteiger charge is 2.37. The number of aromatic nitrogens is 2. The maximum absolute atomic E-state index is 13.2. The van der Waals surface area contributed by atoms with Crippen LogP contribution in [-0.4, -0.2) is 66.5 Å². The summed E-state index contributed by atoms with van der Waals surface area (Å²) < 4.78 is 7.25. The van der Waals surface area contributed by atoms with Gasteiger partial charge in [-0.3, -0.25) is 9.48 Å². The zero-order chi connectivity index (χ0) is 18.1. The van der Waals surface area contributed by atoms with Gasteiger partial charge in [-0.05, 0) is 43.6 Å². The van der Waals surface area contributed by atoms with Gasteiger partial charge in [-0.15, -0.1) is 0 Å². The normalized spacial score (nSPS) is 28.0. The molecule has 1 aromatic heterocycles. The van der Waals surface area contributed by atoms with Crippen molar-refractivity contribution in [1.29, 1.82) is 0 Å². The Labute approximate surface area is 155 Å². The van der Waals surface area contributed by atoms with Gasteiger partial charge in [0.05, 0.1) is 26.3 Å². The van der Waals surface area contributed by atoms with Crippen LogP contribution in [0.1, 0.15) is 29.0 Å². The summed E-state index contributed by atoms with van der Waals surface area (Å²) in [6.07, 6.45) is 7.26. The SMILES string of the molecule is Cc1cc(C(=O)N(CC[NH+]2CCOCC2)C[C@@H]2C[C@H]3C=C[C@H]2C3)nn1C. The van der Waals surface area contributed by atoms with Crippen LogP contribution >= 0.6 is 0 Å². The minimum atomic E-state index is 0.0908. The van der Waals surface area contributed by atoms with Gasteiger partial charge in [-0.2, -0.15) is 5.10 Å². The molecule has 142 valence electrons. The van der Waals surface area contributed by atoms with Gasteiger partial charge in [0.1, 0.15) is 13.1 Å². The molecule has 0 spiro atoms. The molecule has 2 bridgehead atoms. The Morgan fingerprint density at radius 2 is 2.15 bits per heavy atom. The highest BCUT2D eigenvalue weighted by Crippen LogP contribution is 2.43. The van der Waals surface area contributed by atoms with Crippen LogP contribution in [0.2, 0.25) is 0 Å². The molecule has 1 amide bonds. The van der Waals surface area contributed by atoms with Crippen LogP contribution in [-0.2, 0) is 11.8 Å². The minimum absolute atomic E-state index is 0.0908. The number of aryl methyl sites for hydroxylation is 2. The van der Waals surface area contributed by atoms with E-state index in [1.54, 1.807) is 9.58 Å². The van der Waals surface area contributed by atoms with Crippen LogP contribution in [0, 0.1) is 24.7 Å². The first-order chi connectivity index (χ1) is 12.6. The van der Waals surface area contributed by atoms with Crippen molar-refractivity contribution in [2.45, 2.75) is 19.8 Å². The quantitative estimate of drug-likeness (QED) is 0.744. The highest BCUT2D eigenvalue weighted by atomic mass is 16.5. The number of hydrogen-bond acceptors (Lipinski definition) is 3. The fourth-order valence-corrected chi connectivity index (χ4v) is 4.69. The second kappa shape index (κ2) is 7.53. The van der Waals surface area contributed by atoms with Gasteiger partial charge in [-0.25, -0.2) is 0 Å². The second-order valence-corrected chi connectivity index (χ2v) is 8.20. The van der Waals surface area contributed by atoms with E-state index in [1.807, 2.05) is 20.0 Å². The third kappa shape index (κ3) is 3.71. The summed E-state index contributed by atoms with van der Waals surface area (Å²) in [5.74, 6) is 2.10. The van der Waals surface area contributed by atoms with Crippen molar-refractivity contribution in [3.05, 3.63) is 29.6 Å². The number of nitrogens with zero attached hydrogens (tertiary/aromatic N) is 3. The molecular weight excluding hydrogens is 328 g/mol. The number of allylic oxidation sites excluding steroid dienone is 2. The monoisotopic (exact) mass is 359 g/mol. The molecule has 0 radical (unpaired) electrons. The van der Waals surface area contributed by atoms with E-state index in [9.17, 15) is 4.79 Å². The zero-order valence-electron chi connectivity index (χ0n) is 16.0. The first-order valence-electron chi connectivity index (χ1n) is 9.99. The predicted molar refractivity (Wildman–Crippen MR) is 99.1 cm³/mol. The topological polar surface area (TPSA) is 51.8 Å². The molecule has 6 heteroatoms. The van der Waals surface area contributed by atoms with Crippen molar-refractivity contribution >= 4 is 5.91 Å². The van der Waals surface area contributed by atoms with E-state index >= 15 is 0 Å². The molecule has 2 aliphatic carbocycles. The zero-order valence-corrected chi connectivity index (χ0v) is 16.0. The second-order valence-electron chi connectivity index (χ2n) is 8.20. The van der Waals surface area contributed by atoms with Gasteiger partial charge in [0, 0.05) is 19.3 Å². The molecule has 26 heavy (non-hydrogen) atoms. The molecule has 1 aliphatic heterocycles. The number of ether oxygens (including phenoxy) is 1. The van der Waals surface area contributed by atoms with Crippen LogP contribution in [0.4, 0.5) is 0 Å². The Morgan fingerprint density at radius 1 is 1.35 bits per heavy atom. The largest absolute Gasteiger partial charge is 0.370 e. The Morgan fingerprint density at radius 3 is 2.77 bits per heavy atom. The summed E-state index contributed by atoms with van der Waals surface area (Å²) in [6, 6.07) is 1.91. The average molecular weight is 359 g/mol. The van der Waals surface area contributed by atoms with Crippen molar-refractivity contribution in [2.75, 3.05) is 45.9 Å².